The van der Waals surface area contributed by atoms with Crippen molar-refractivity contribution in [1.29, 1.82) is 0 Å². The smallest absolute Gasteiger partial charge is 0.305 e. The van der Waals surface area contributed by atoms with E-state index in [9.17, 15) is 9.59 Å². The lowest BCUT2D eigenvalue weighted by Gasteiger charge is -2.36. The van der Waals surface area contributed by atoms with Crippen LogP contribution < -0.4 is 10.6 Å². The van der Waals surface area contributed by atoms with E-state index in [0.29, 0.717) is 18.5 Å². The van der Waals surface area contributed by atoms with Gasteiger partial charge in [0.2, 0.25) is 5.91 Å². The quantitative estimate of drug-likeness (QED) is 0.870. The van der Waals surface area contributed by atoms with Crippen LogP contribution in [-0.2, 0) is 9.59 Å². The Kier molecular flexibility index (Phi) is 4.96. The number of para-hydroxylation sites is 1. The normalized spacial score (nSPS) is 17.2. The van der Waals surface area contributed by atoms with Crippen molar-refractivity contribution in [3.05, 3.63) is 30.3 Å². The number of carboxylic acids is 1. The molecule has 5 heteroatoms. The summed E-state index contributed by atoms with van der Waals surface area (Å²) < 4.78 is 0. The number of hydrogen-bond acceptors (Lipinski definition) is 3. The Morgan fingerprint density at radius 1 is 1.14 bits per heavy atom. The van der Waals surface area contributed by atoms with Crippen molar-refractivity contribution in [2.75, 3.05) is 11.4 Å². The van der Waals surface area contributed by atoms with Gasteiger partial charge in [-0.05, 0) is 25.0 Å². The summed E-state index contributed by atoms with van der Waals surface area (Å²) in [6.45, 7) is 0.150. The number of amides is 1. The van der Waals surface area contributed by atoms with Crippen LogP contribution in [0.1, 0.15) is 38.5 Å². The standard InChI is InChI=1S/C16H22N2O3/c17-16(10-5-2-6-11-16)15(21)18(12-9-14(19)20)13-7-3-1-4-8-13/h1,3-4,7-8H,2,5-6,9-12,17H2,(H,19,20). The van der Waals surface area contributed by atoms with Gasteiger partial charge in [0.15, 0.2) is 0 Å². The maximum Gasteiger partial charge on any atom is 0.305 e. The van der Waals surface area contributed by atoms with Gasteiger partial charge in [-0.25, -0.2) is 0 Å². The molecule has 1 aliphatic carbocycles. The third-order valence-electron chi connectivity index (χ3n) is 4.03. The fourth-order valence-corrected chi connectivity index (χ4v) is 2.83. The highest BCUT2D eigenvalue weighted by atomic mass is 16.4. The molecule has 0 saturated heterocycles. The monoisotopic (exact) mass is 290 g/mol. The highest BCUT2D eigenvalue weighted by Crippen LogP contribution is 2.29. The molecule has 1 fully saturated rings. The summed E-state index contributed by atoms with van der Waals surface area (Å²) >= 11 is 0. The summed E-state index contributed by atoms with van der Waals surface area (Å²) in [4.78, 5) is 25.2. The number of aliphatic carboxylic acids is 1. The first-order valence-corrected chi connectivity index (χ1v) is 7.41. The third-order valence-corrected chi connectivity index (χ3v) is 4.03. The maximum absolute atomic E-state index is 12.8. The number of benzene rings is 1. The summed E-state index contributed by atoms with van der Waals surface area (Å²) in [5.74, 6) is -1.08. The van der Waals surface area contributed by atoms with Crippen LogP contribution in [0.2, 0.25) is 0 Å². The van der Waals surface area contributed by atoms with Crippen LogP contribution in [0.15, 0.2) is 30.3 Å². The van der Waals surface area contributed by atoms with E-state index in [1.54, 1.807) is 0 Å². The summed E-state index contributed by atoms with van der Waals surface area (Å²) in [5.41, 5.74) is 6.16. The predicted molar refractivity (Wildman–Crippen MR) is 81.1 cm³/mol. The highest BCUT2D eigenvalue weighted by molar-refractivity contribution is 6.00. The molecule has 0 heterocycles. The Labute approximate surface area is 124 Å². The molecule has 21 heavy (non-hydrogen) atoms. The van der Waals surface area contributed by atoms with E-state index in [-0.39, 0.29) is 18.9 Å². The molecule has 0 aliphatic heterocycles. The van der Waals surface area contributed by atoms with E-state index in [0.717, 1.165) is 19.3 Å². The van der Waals surface area contributed by atoms with Crippen LogP contribution in [0.25, 0.3) is 0 Å². The Hall–Kier alpha value is -1.88. The Balaban J connectivity index is 2.21. The second-order valence-corrected chi connectivity index (χ2v) is 5.65. The molecule has 1 aliphatic rings. The molecule has 0 aromatic heterocycles. The summed E-state index contributed by atoms with van der Waals surface area (Å²) in [5, 5.41) is 8.90. The minimum absolute atomic E-state index is 0.0866. The van der Waals surface area contributed by atoms with Crippen molar-refractivity contribution in [3.8, 4) is 0 Å². The van der Waals surface area contributed by atoms with Crippen LogP contribution >= 0.6 is 0 Å². The Bertz CT molecular complexity index is 496. The van der Waals surface area contributed by atoms with Gasteiger partial charge < -0.3 is 15.7 Å². The fraction of sp³-hybridized carbons (Fsp3) is 0.500. The molecule has 1 amide bonds. The average molecular weight is 290 g/mol. The number of carbonyl (C=O) groups excluding carboxylic acids is 1. The molecule has 0 radical (unpaired) electrons. The van der Waals surface area contributed by atoms with Crippen LogP contribution in [0.4, 0.5) is 5.69 Å². The Morgan fingerprint density at radius 3 is 2.33 bits per heavy atom. The second kappa shape index (κ2) is 6.72. The van der Waals surface area contributed by atoms with Crippen LogP contribution in [0.5, 0.6) is 0 Å². The number of nitrogens with zero attached hydrogens (tertiary/aromatic N) is 1. The van der Waals surface area contributed by atoms with Gasteiger partial charge in [0.25, 0.3) is 0 Å². The van der Waals surface area contributed by atoms with Gasteiger partial charge in [-0.1, -0.05) is 37.5 Å². The predicted octanol–water partition coefficient (Wildman–Crippen LogP) is 2.16. The molecule has 1 aromatic rings. The van der Waals surface area contributed by atoms with Crippen molar-refractivity contribution in [2.24, 2.45) is 5.73 Å². The zero-order valence-electron chi connectivity index (χ0n) is 12.1. The van der Waals surface area contributed by atoms with E-state index in [2.05, 4.69) is 0 Å². The number of nitrogens with two attached hydrogens (primary N) is 1. The zero-order chi connectivity index (χ0) is 15.3. The van der Waals surface area contributed by atoms with Gasteiger partial charge in [0, 0.05) is 12.2 Å². The fourth-order valence-electron chi connectivity index (χ4n) is 2.83. The van der Waals surface area contributed by atoms with Crippen LogP contribution in [-0.4, -0.2) is 29.1 Å². The summed E-state index contributed by atoms with van der Waals surface area (Å²) in [6.07, 6.45) is 4.25. The number of hydrogen-bond donors (Lipinski definition) is 2. The molecule has 0 spiro atoms. The molecule has 5 nitrogen and oxygen atoms in total. The molecule has 1 saturated carbocycles. The van der Waals surface area contributed by atoms with E-state index >= 15 is 0 Å². The van der Waals surface area contributed by atoms with Crippen molar-refractivity contribution >= 4 is 17.6 Å². The van der Waals surface area contributed by atoms with E-state index in [4.69, 9.17) is 10.8 Å². The first-order valence-electron chi connectivity index (χ1n) is 7.41. The first kappa shape index (κ1) is 15.5. The number of carboxylic acid groups (broad SMARTS) is 1. The molecule has 1 aromatic carbocycles. The molecular formula is C16H22N2O3. The van der Waals surface area contributed by atoms with Crippen LogP contribution in [0.3, 0.4) is 0 Å². The molecule has 114 valence electrons. The molecule has 3 N–H and O–H groups in total. The summed E-state index contributed by atoms with van der Waals surface area (Å²) in [7, 11) is 0. The highest BCUT2D eigenvalue weighted by Gasteiger charge is 2.38. The minimum atomic E-state index is -0.918. The van der Waals surface area contributed by atoms with Crippen molar-refractivity contribution in [3.63, 3.8) is 0 Å². The zero-order valence-corrected chi connectivity index (χ0v) is 12.1. The molecule has 0 unspecified atom stereocenters. The Morgan fingerprint density at radius 2 is 1.76 bits per heavy atom. The largest absolute Gasteiger partial charge is 0.481 e. The van der Waals surface area contributed by atoms with E-state index in [1.807, 2.05) is 30.3 Å². The molecular weight excluding hydrogens is 268 g/mol. The van der Waals surface area contributed by atoms with E-state index < -0.39 is 11.5 Å². The van der Waals surface area contributed by atoms with Crippen LogP contribution in [0, 0.1) is 0 Å². The lowest BCUT2D eigenvalue weighted by atomic mass is 9.81. The number of carbonyl (C=O) groups is 2. The van der Waals surface area contributed by atoms with Gasteiger partial charge in [-0.3, -0.25) is 9.59 Å². The van der Waals surface area contributed by atoms with Gasteiger partial charge in [-0.2, -0.15) is 0 Å². The topological polar surface area (TPSA) is 83.6 Å². The number of anilines is 1. The SMILES string of the molecule is NC1(C(=O)N(CCC(=O)O)c2ccccc2)CCCCC1. The summed E-state index contributed by atoms with van der Waals surface area (Å²) in [6, 6.07) is 9.15. The first-order chi connectivity index (χ1) is 10.0. The van der Waals surface area contributed by atoms with Gasteiger partial charge in [0.1, 0.15) is 0 Å². The van der Waals surface area contributed by atoms with E-state index in [1.165, 1.54) is 4.90 Å². The average Bonchev–Trinajstić information content (AvgIpc) is 2.49. The maximum atomic E-state index is 12.8. The third kappa shape index (κ3) is 3.82. The van der Waals surface area contributed by atoms with Crippen molar-refractivity contribution in [2.45, 2.75) is 44.1 Å². The molecule has 0 bridgehead atoms. The van der Waals surface area contributed by atoms with Crippen molar-refractivity contribution < 1.29 is 14.7 Å². The minimum Gasteiger partial charge on any atom is -0.481 e. The molecule has 2 rings (SSSR count). The number of rotatable bonds is 5. The van der Waals surface area contributed by atoms with Gasteiger partial charge in [-0.15, -0.1) is 0 Å². The van der Waals surface area contributed by atoms with Crippen molar-refractivity contribution in [1.82, 2.24) is 0 Å². The molecule has 0 atom stereocenters. The lowest BCUT2D eigenvalue weighted by Crippen LogP contribution is -2.56. The second-order valence-electron chi connectivity index (χ2n) is 5.65. The van der Waals surface area contributed by atoms with Gasteiger partial charge >= 0.3 is 5.97 Å². The van der Waals surface area contributed by atoms with Gasteiger partial charge in [0.05, 0.1) is 12.0 Å². The lowest BCUT2D eigenvalue weighted by molar-refractivity contribution is -0.136.